The lowest BCUT2D eigenvalue weighted by Crippen LogP contribution is -2.59. The number of hydrogen-bond acceptors (Lipinski definition) is 2. The predicted molar refractivity (Wildman–Crippen MR) is 70.6 cm³/mol. The van der Waals surface area contributed by atoms with E-state index in [4.69, 9.17) is 11.6 Å². The van der Waals surface area contributed by atoms with Gasteiger partial charge in [0.2, 0.25) is 0 Å². The van der Waals surface area contributed by atoms with Gasteiger partial charge in [-0.15, -0.1) is 0 Å². The SMILES string of the molecule is Clc1ncnc2c1c(I)cn2C12CC(C1)C2. The van der Waals surface area contributed by atoms with Gasteiger partial charge in [-0.1, -0.05) is 11.6 Å². The van der Waals surface area contributed by atoms with Crippen molar-refractivity contribution in [3.8, 4) is 0 Å². The molecule has 3 fully saturated rings. The second-order valence-electron chi connectivity index (χ2n) is 4.91. The van der Waals surface area contributed by atoms with Crippen molar-refractivity contribution in [2.45, 2.75) is 24.8 Å². The van der Waals surface area contributed by atoms with E-state index in [0.717, 1.165) is 20.5 Å². The minimum absolute atomic E-state index is 0.365. The smallest absolute Gasteiger partial charge is 0.146 e. The molecule has 5 heteroatoms. The maximum atomic E-state index is 6.13. The molecule has 0 spiro atoms. The highest BCUT2D eigenvalue weighted by molar-refractivity contribution is 14.1. The third kappa shape index (κ3) is 1.00. The summed E-state index contributed by atoms with van der Waals surface area (Å²) in [7, 11) is 0. The van der Waals surface area contributed by atoms with Crippen molar-refractivity contribution in [3.63, 3.8) is 0 Å². The number of rotatable bonds is 1. The third-order valence-electron chi connectivity index (χ3n) is 4.01. The van der Waals surface area contributed by atoms with Crippen LogP contribution in [0.4, 0.5) is 0 Å². The van der Waals surface area contributed by atoms with Crippen molar-refractivity contribution < 1.29 is 0 Å². The van der Waals surface area contributed by atoms with Crippen molar-refractivity contribution in [1.82, 2.24) is 14.5 Å². The Morgan fingerprint density at radius 1 is 1.38 bits per heavy atom. The minimum Gasteiger partial charge on any atom is -0.325 e. The number of hydrogen-bond donors (Lipinski definition) is 0. The van der Waals surface area contributed by atoms with Gasteiger partial charge in [-0.2, -0.15) is 0 Å². The summed E-state index contributed by atoms with van der Waals surface area (Å²) in [5, 5.41) is 1.58. The Balaban J connectivity index is 2.03. The molecule has 3 aliphatic carbocycles. The summed E-state index contributed by atoms with van der Waals surface area (Å²) >= 11 is 8.45. The van der Waals surface area contributed by atoms with E-state index in [2.05, 4.69) is 43.3 Å². The predicted octanol–water partition coefficient (Wildman–Crippen LogP) is 3.20. The van der Waals surface area contributed by atoms with Gasteiger partial charge in [0, 0.05) is 15.3 Å². The van der Waals surface area contributed by atoms with Crippen LogP contribution < -0.4 is 0 Å². The van der Waals surface area contributed by atoms with Gasteiger partial charge < -0.3 is 4.57 Å². The molecule has 2 bridgehead atoms. The molecule has 0 atom stereocenters. The number of fused-ring (bicyclic) bond motifs is 1. The summed E-state index contributed by atoms with van der Waals surface area (Å²) in [6.45, 7) is 0. The lowest BCUT2D eigenvalue weighted by atomic mass is 9.49. The first-order valence-electron chi connectivity index (χ1n) is 5.37. The van der Waals surface area contributed by atoms with Crippen LogP contribution in [0.1, 0.15) is 19.3 Å². The first-order valence-corrected chi connectivity index (χ1v) is 6.83. The Bertz CT molecular complexity index is 590. The molecule has 3 aliphatic rings. The molecule has 2 heterocycles. The Kier molecular flexibility index (Phi) is 1.75. The van der Waals surface area contributed by atoms with Crippen LogP contribution in [0.15, 0.2) is 12.5 Å². The van der Waals surface area contributed by atoms with Gasteiger partial charge >= 0.3 is 0 Å². The van der Waals surface area contributed by atoms with Crippen molar-refractivity contribution in [3.05, 3.63) is 21.2 Å². The average molecular weight is 346 g/mol. The van der Waals surface area contributed by atoms with Crippen LogP contribution in [-0.4, -0.2) is 14.5 Å². The van der Waals surface area contributed by atoms with E-state index >= 15 is 0 Å². The molecule has 0 saturated heterocycles. The zero-order chi connectivity index (χ0) is 10.9. The van der Waals surface area contributed by atoms with E-state index in [1.807, 2.05) is 0 Å². The van der Waals surface area contributed by atoms with Crippen LogP contribution in [0.5, 0.6) is 0 Å². The fourth-order valence-electron chi connectivity index (χ4n) is 3.07. The van der Waals surface area contributed by atoms with Crippen LogP contribution in [0.2, 0.25) is 5.15 Å². The van der Waals surface area contributed by atoms with Gasteiger partial charge in [-0.25, -0.2) is 9.97 Å². The van der Waals surface area contributed by atoms with Gasteiger partial charge in [0.25, 0.3) is 0 Å². The fraction of sp³-hybridized carbons (Fsp3) is 0.455. The first-order chi connectivity index (χ1) is 7.70. The lowest BCUT2D eigenvalue weighted by Gasteiger charge is -2.62. The van der Waals surface area contributed by atoms with Crippen molar-refractivity contribution in [1.29, 1.82) is 0 Å². The minimum atomic E-state index is 0.365. The molecule has 2 aromatic heterocycles. The van der Waals surface area contributed by atoms with E-state index in [9.17, 15) is 0 Å². The average Bonchev–Trinajstić information content (AvgIpc) is 2.40. The molecule has 0 aliphatic heterocycles. The molecule has 0 N–H and O–H groups in total. The largest absolute Gasteiger partial charge is 0.325 e. The van der Waals surface area contributed by atoms with E-state index in [0.29, 0.717) is 10.7 Å². The van der Waals surface area contributed by atoms with Gasteiger partial charge in [0.15, 0.2) is 0 Å². The molecule has 3 nitrogen and oxygen atoms in total. The standard InChI is InChI=1S/C11H9ClIN3/c12-9-8-7(13)4-16(10(8)15-5-14-9)11-1-6(2-11)3-11/h4-6H,1-3H2. The second kappa shape index (κ2) is 2.90. The molecule has 3 saturated carbocycles. The number of nitrogens with zero attached hydrogens (tertiary/aromatic N) is 3. The van der Waals surface area contributed by atoms with Gasteiger partial charge in [-0.05, 0) is 47.8 Å². The van der Waals surface area contributed by atoms with Crippen LogP contribution in [0.3, 0.4) is 0 Å². The van der Waals surface area contributed by atoms with Gasteiger partial charge in [0.1, 0.15) is 17.1 Å². The Morgan fingerprint density at radius 2 is 2.12 bits per heavy atom. The Morgan fingerprint density at radius 3 is 2.75 bits per heavy atom. The molecule has 2 aromatic rings. The lowest BCUT2D eigenvalue weighted by molar-refractivity contribution is -0.0859. The normalized spacial score (nSPS) is 31.2. The van der Waals surface area contributed by atoms with Crippen LogP contribution in [-0.2, 0) is 5.54 Å². The fourth-order valence-corrected chi connectivity index (χ4v) is 4.24. The molecule has 5 rings (SSSR count). The van der Waals surface area contributed by atoms with Crippen LogP contribution >= 0.6 is 34.2 Å². The summed E-state index contributed by atoms with van der Waals surface area (Å²) in [4.78, 5) is 8.45. The summed E-state index contributed by atoms with van der Waals surface area (Å²) in [5.74, 6) is 0.965. The van der Waals surface area contributed by atoms with Gasteiger partial charge in [0.05, 0.1) is 5.39 Å². The molecular formula is C11H9ClIN3. The van der Waals surface area contributed by atoms with E-state index in [-0.39, 0.29) is 0 Å². The quantitative estimate of drug-likeness (QED) is 0.587. The highest BCUT2D eigenvalue weighted by atomic mass is 127. The molecule has 0 aromatic carbocycles. The maximum Gasteiger partial charge on any atom is 0.146 e. The third-order valence-corrected chi connectivity index (χ3v) is 5.11. The van der Waals surface area contributed by atoms with Crippen molar-refractivity contribution in [2.24, 2.45) is 5.92 Å². The molecule has 0 amide bonds. The van der Waals surface area contributed by atoms with Crippen molar-refractivity contribution >= 4 is 45.2 Å². The summed E-state index contributed by atoms with van der Waals surface area (Å²) in [6.07, 6.45) is 7.68. The highest BCUT2D eigenvalue weighted by Crippen LogP contribution is 2.63. The highest BCUT2D eigenvalue weighted by Gasteiger charge is 2.58. The Labute approximate surface area is 111 Å². The first kappa shape index (κ1) is 9.65. The monoisotopic (exact) mass is 345 g/mol. The summed E-state index contributed by atoms with van der Waals surface area (Å²) in [6, 6.07) is 0. The van der Waals surface area contributed by atoms with Crippen LogP contribution in [0, 0.1) is 9.49 Å². The molecule has 0 radical (unpaired) electrons. The summed E-state index contributed by atoms with van der Waals surface area (Å²) < 4.78 is 3.49. The van der Waals surface area contributed by atoms with E-state index in [1.165, 1.54) is 19.3 Å². The number of aromatic nitrogens is 3. The topological polar surface area (TPSA) is 30.7 Å². The van der Waals surface area contributed by atoms with E-state index in [1.54, 1.807) is 6.33 Å². The molecule has 16 heavy (non-hydrogen) atoms. The molecule has 82 valence electrons. The molecule has 0 unspecified atom stereocenters. The zero-order valence-corrected chi connectivity index (χ0v) is 11.4. The second-order valence-corrected chi connectivity index (χ2v) is 6.43. The summed E-state index contributed by atoms with van der Waals surface area (Å²) in [5.41, 5.74) is 1.37. The molecular weight excluding hydrogens is 336 g/mol. The zero-order valence-electron chi connectivity index (χ0n) is 8.45. The van der Waals surface area contributed by atoms with Crippen molar-refractivity contribution in [2.75, 3.05) is 0 Å². The Hall–Kier alpha value is -0.360. The number of halogens is 2. The maximum absolute atomic E-state index is 6.13. The van der Waals surface area contributed by atoms with E-state index < -0.39 is 0 Å². The van der Waals surface area contributed by atoms with Crippen LogP contribution in [0.25, 0.3) is 11.0 Å². The van der Waals surface area contributed by atoms with Gasteiger partial charge in [-0.3, -0.25) is 0 Å².